The van der Waals surface area contributed by atoms with Crippen molar-refractivity contribution in [2.24, 2.45) is 4.99 Å². The Balaban J connectivity index is 0.00000363. The van der Waals surface area contributed by atoms with Gasteiger partial charge in [0, 0.05) is 31.9 Å². The molecule has 0 unspecified atom stereocenters. The van der Waals surface area contributed by atoms with Crippen molar-refractivity contribution in [3.8, 4) is 5.69 Å². The lowest BCUT2D eigenvalue weighted by atomic mass is 10.1. The van der Waals surface area contributed by atoms with Crippen molar-refractivity contribution in [2.75, 3.05) is 13.7 Å². The van der Waals surface area contributed by atoms with Crippen LogP contribution in [0.15, 0.2) is 72.0 Å². The average molecular weight is 559 g/mol. The van der Waals surface area contributed by atoms with Crippen molar-refractivity contribution in [3.63, 3.8) is 0 Å². The topological polar surface area (TPSA) is 63.5 Å². The van der Waals surface area contributed by atoms with Crippen molar-refractivity contribution in [2.45, 2.75) is 25.9 Å². The number of nitrogens with zero attached hydrogens (tertiary/aromatic N) is 3. The highest BCUT2D eigenvalue weighted by atomic mass is 127. The molecule has 0 bridgehead atoms. The number of guanidine groups is 1. The average Bonchev–Trinajstić information content (AvgIpc) is 3.24. The third kappa shape index (κ3) is 8.50. The van der Waals surface area contributed by atoms with Gasteiger partial charge in [0.15, 0.2) is 5.96 Å². The lowest BCUT2D eigenvalue weighted by molar-refractivity contribution is -0.176. The van der Waals surface area contributed by atoms with Crippen LogP contribution in [0.1, 0.15) is 16.7 Å². The Labute approximate surface area is 201 Å². The summed E-state index contributed by atoms with van der Waals surface area (Å²) in [5, 5.41) is 10.8. The van der Waals surface area contributed by atoms with E-state index in [0.29, 0.717) is 24.6 Å². The van der Waals surface area contributed by atoms with E-state index in [-0.39, 0.29) is 30.6 Å². The van der Waals surface area contributed by atoms with Crippen LogP contribution in [0.25, 0.3) is 5.69 Å². The zero-order chi connectivity index (χ0) is 22.1. The molecule has 32 heavy (non-hydrogen) atoms. The van der Waals surface area contributed by atoms with Crippen molar-refractivity contribution in [1.82, 2.24) is 20.4 Å². The van der Waals surface area contributed by atoms with Gasteiger partial charge >= 0.3 is 6.18 Å². The lowest BCUT2D eigenvalue weighted by Crippen LogP contribution is -2.36. The van der Waals surface area contributed by atoms with Crippen LogP contribution >= 0.6 is 24.0 Å². The summed E-state index contributed by atoms with van der Waals surface area (Å²) < 4.78 is 42.9. The lowest BCUT2D eigenvalue weighted by Gasteiger charge is -2.12. The predicted molar refractivity (Wildman–Crippen MR) is 128 cm³/mol. The molecule has 0 saturated heterocycles. The molecule has 172 valence electrons. The molecule has 1 aromatic heterocycles. The number of para-hydroxylation sites is 1. The zero-order valence-electron chi connectivity index (χ0n) is 17.5. The Morgan fingerprint density at radius 2 is 1.59 bits per heavy atom. The molecule has 1 heterocycles. The number of nitrogens with one attached hydrogen (secondary N) is 2. The Morgan fingerprint density at radius 3 is 2.22 bits per heavy atom. The van der Waals surface area contributed by atoms with E-state index in [1.165, 1.54) is 0 Å². The predicted octanol–water partition coefficient (Wildman–Crippen LogP) is 4.43. The van der Waals surface area contributed by atoms with E-state index in [4.69, 9.17) is 0 Å². The number of ether oxygens (including phenoxy) is 1. The maximum absolute atomic E-state index is 12.1. The fourth-order valence-electron chi connectivity index (χ4n) is 2.80. The molecule has 0 fully saturated rings. The number of alkyl halides is 3. The number of aromatic nitrogens is 2. The van der Waals surface area contributed by atoms with E-state index >= 15 is 0 Å². The molecule has 2 N–H and O–H groups in total. The van der Waals surface area contributed by atoms with E-state index in [9.17, 15) is 13.2 Å². The molecule has 2 aromatic carbocycles. The molecule has 0 saturated carbocycles. The Hall–Kier alpha value is -2.60. The van der Waals surface area contributed by atoms with E-state index in [0.717, 1.165) is 16.8 Å². The highest BCUT2D eigenvalue weighted by molar-refractivity contribution is 14.0. The van der Waals surface area contributed by atoms with E-state index < -0.39 is 12.8 Å². The summed E-state index contributed by atoms with van der Waals surface area (Å²) in [6, 6.07) is 17.0. The number of rotatable bonds is 8. The first kappa shape index (κ1) is 25.7. The van der Waals surface area contributed by atoms with Crippen LogP contribution in [0.4, 0.5) is 13.2 Å². The molecular weight excluding hydrogens is 534 g/mol. The van der Waals surface area contributed by atoms with Gasteiger partial charge in [-0.2, -0.15) is 18.3 Å². The third-order valence-electron chi connectivity index (χ3n) is 4.36. The summed E-state index contributed by atoms with van der Waals surface area (Å²) in [4.78, 5) is 4.20. The van der Waals surface area contributed by atoms with Gasteiger partial charge in [0.2, 0.25) is 0 Å². The molecule has 3 aromatic rings. The van der Waals surface area contributed by atoms with Gasteiger partial charge in [-0.15, -0.1) is 24.0 Å². The number of hydrogen-bond acceptors (Lipinski definition) is 3. The largest absolute Gasteiger partial charge is 0.411 e. The fraction of sp³-hybridized carbons (Fsp3) is 0.273. The summed E-state index contributed by atoms with van der Waals surface area (Å²) in [5.41, 5.74) is 3.66. The molecular formula is C22H25F3IN5O. The highest BCUT2D eigenvalue weighted by Crippen LogP contribution is 2.16. The van der Waals surface area contributed by atoms with Gasteiger partial charge in [-0.05, 0) is 23.3 Å². The van der Waals surface area contributed by atoms with Crippen LogP contribution in [0.5, 0.6) is 0 Å². The smallest absolute Gasteiger partial charge is 0.367 e. The van der Waals surface area contributed by atoms with Gasteiger partial charge < -0.3 is 15.4 Å². The zero-order valence-corrected chi connectivity index (χ0v) is 19.8. The van der Waals surface area contributed by atoms with Crippen LogP contribution in [-0.4, -0.2) is 35.6 Å². The van der Waals surface area contributed by atoms with Crippen molar-refractivity contribution in [1.29, 1.82) is 0 Å². The molecule has 3 rings (SSSR count). The number of benzene rings is 2. The Bertz CT molecular complexity index is 975. The molecule has 10 heteroatoms. The molecule has 6 nitrogen and oxygen atoms in total. The molecule has 0 atom stereocenters. The van der Waals surface area contributed by atoms with Gasteiger partial charge in [-0.3, -0.25) is 4.99 Å². The van der Waals surface area contributed by atoms with Crippen LogP contribution in [0, 0.1) is 0 Å². The SMILES string of the molecule is CN=C(NCc1ccc(COCC(F)(F)F)cc1)NCc1cnn(-c2ccccc2)c1.I. The quantitative estimate of drug-likeness (QED) is 0.244. The second-order valence-corrected chi connectivity index (χ2v) is 6.83. The normalized spacial score (nSPS) is 11.7. The number of halogens is 4. The van der Waals surface area contributed by atoms with Gasteiger partial charge in [-0.1, -0.05) is 42.5 Å². The first-order valence-electron chi connectivity index (χ1n) is 9.69. The summed E-state index contributed by atoms with van der Waals surface area (Å²) in [6.45, 7) is -0.246. The van der Waals surface area contributed by atoms with Crippen LogP contribution in [-0.2, 0) is 24.4 Å². The van der Waals surface area contributed by atoms with Gasteiger partial charge in [0.05, 0.1) is 18.5 Å². The summed E-state index contributed by atoms with van der Waals surface area (Å²) >= 11 is 0. The maximum Gasteiger partial charge on any atom is 0.411 e. The van der Waals surface area contributed by atoms with Crippen molar-refractivity contribution in [3.05, 3.63) is 83.7 Å². The summed E-state index contributed by atoms with van der Waals surface area (Å²) in [5.74, 6) is 0.630. The molecule has 0 radical (unpaired) electrons. The van der Waals surface area contributed by atoms with Crippen LogP contribution < -0.4 is 10.6 Å². The number of aliphatic imine (C=N–C) groups is 1. The standard InChI is InChI=1S/C22H24F3N5O.HI/c1-26-21(28-12-19-13-29-30(14-19)20-5-3-2-4-6-20)27-11-17-7-9-18(10-8-17)15-31-16-22(23,24)25;/h2-10,13-14H,11-12,15-16H2,1H3,(H2,26,27,28);1H. The molecule has 0 aliphatic heterocycles. The summed E-state index contributed by atoms with van der Waals surface area (Å²) in [6.07, 6.45) is -0.560. The van der Waals surface area contributed by atoms with Crippen molar-refractivity contribution >= 4 is 29.9 Å². The molecule has 0 spiro atoms. The van der Waals surface area contributed by atoms with Crippen LogP contribution in [0.2, 0.25) is 0 Å². The minimum Gasteiger partial charge on any atom is -0.367 e. The van der Waals surface area contributed by atoms with Crippen molar-refractivity contribution < 1.29 is 17.9 Å². The Morgan fingerprint density at radius 1 is 0.969 bits per heavy atom. The van der Waals surface area contributed by atoms with Gasteiger partial charge in [0.1, 0.15) is 6.61 Å². The monoisotopic (exact) mass is 559 g/mol. The Kier molecular flexibility index (Phi) is 9.97. The molecule has 0 aliphatic rings. The highest BCUT2D eigenvalue weighted by Gasteiger charge is 2.27. The van der Waals surface area contributed by atoms with Gasteiger partial charge in [-0.25, -0.2) is 4.68 Å². The minimum atomic E-state index is -4.31. The van der Waals surface area contributed by atoms with E-state index in [1.807, 2.05) is 53.3 Å². The van der Waals surface area contributed by atoms with E-state index in [1.54, 1.807) is 25.4 Å². The third-order valence-corrected chi connectivity index (χ3v) is 4.36. The van der Waals surface area contributed by atoms with E-state index in [2.05, 4.69) is 25.5 Å². The second-order valence-electron chi connectivity index (χ2n) is 6.83. The maximum atomic E-state index is 12.1. The minimum absolute atomic E-state index is 0. The van der Waals surface area contributed by atoms with Gasteiger partial charge in [0.25, 0.3) is 0 Å². The number of hydrogen-bond donors (Lipinski definition) is 2. The summed E-state index contributed by atoms with van der Waals surface area (Å²) in [7, 11) is 1.68. The fourth-order valence-corrected chi connectivity index (χ4v) is 2.80. The first-order chi connectivity index (χ1) is 14.9. The first-order valence-corrected chi connectivity index (χ1v) is 9.69. The second kappa shape index (κ2) is 12.4. The molecule has 0 aliphatic carbocycles. The van der Waals surface area contributed by atoms with Crippen LogP contribution in [0.3, 0.4) is 0 Å². The molecule has 0 amide bonds.